The van der Waals surface area contributed by atoms with Gasteiger partial charge in [0.25, 0.3) is 5.69 Å². The number of dihydropyridines is 1. The maximum Gasteiger partial charge on any atom is 0.342 e. The van der Waals surface area contributed by atoms with Crippen LogP contribution in [-0.4, -0.2) is 47.3 Å². The van der Waals surface area contributed by atoms with Gasteiger partial charge in [0.2, 0.25) is 0 Å². The Labute approximate surface area is 217 Å². The van der Waals surface area contributed by atoms with E-state index >= 15 is 0 Å². The number of nitrogens with one attached hydrogen (secondary N) is 2. The van der Waals surface area contributed by atoms with E-state index in [0.717, 1.165) is 18.2 Å². The summed E-state index contributed by atoms with van der Waals surface area (Å²) in [7, 11) is 2.39. The van der Waals surface area contributed by atoms with Gasteiger partial charge in [0, 0.05) is 17.3 Å². The number of nitrogens with zero attached hydrogens (tertiary/aromatic N) is 3. The van der Waals surface area contributed by atoms with E-state index < -0.39 is 38.7 Å². The predicted molar refractivity (Wildman–Crippen MR) is 138 cm³/mol. The molecule has 198 valence electrons. The number of ether oxygens (including phenoxy) is 2. The molecule has 1 aliphatic heterocycles. The lowest BCUT2D eigenvalue weighted by molar-refractivity contribution is -0.393. The van der Waals surface area contributed by atoms with E-state index in [4.69, 9.17) is 9.47 Å². The number of hydrogen-bond donors (Lipinski definition) is 2. The lowest BCUT2D eigenvalue weighted by Gasteiger charge is -2.39. The molecule has 1 unspecified atom stereocenters. The molecule has 1 aliphatic rings. The zero-order chi connectivity index (χ0) is 28.2. The monoisotopic (exact) mass is 523 g/mol. The van der Waals surface area contributed by atoms with Gasteiger partial charge in [-0.15, -0.1) is 0 Å². The number of anilines is 1. The van der Waals surface area contributed by atoms with E-state index in [0.29, 0.717) is 16.8 Å². The first-order valence-electron chi connectivity index (χ1n) is 11.2. The minimum atomic E-state index is -1.79. The van der Waals surface area contributed by atoms with Gasteiger partial charge in [-0.3, -0.25) is 25.7 Å². The Kier molecular flexibility index (Phi) is 7.90. The second-order valence-electron chi connectivity index (χ2n) is 8.25. The molecule has 1 heterocycles. The van der Waals surface area contributed by atoms with Crippen molar-refractivity contribution in [1.82, 2.24) is 5.32 Å². The number of nitro benzene ring substituents is 2. The van der Waals surface area contributed by atoms with Crippen molar-refractivity contribution in [1.29, 1.82) is 0 Å². The number of allylic oxidation sites excluding steroid dienone is 1. The normalized spacial score (nSPS) is 17.4. The van der Waals surface area contributed by atoms with Gasteiger partial charge in [0.1, 0.15) is 5.69 Å². The van der Waals surface area contributed by atoms with Gasteiger partial charge in [-0.05, 0) is 38.0 Å². The Hall–Kier alpha value is -5.07. The molecule has 0 saturated carbocycles. The van der Waals surface area contributed by atoms with Gasteiger partial charge in [-0.2, -0.15) is 5.10 Å². The first-order valence-corrected chi connectivity index (χ1v) is 11.2. The predicted octanol–water partition coefficient (Wildman–Crippen LogP) is 3.73. The Balaban J connectivity index is 2.20. The van der Waals surface area contributed by atoms with Crippen molar-refractivity contribution in [3.05, 3.63) is 91.2 Å². The smallest absolute Gasteiger partial charge is 0.342 e. The summed E-state index contributed by atoms with van der Waals surface area (Å²) >= 11 is 0. The number of rotatable bonds is 8. The Bertz CT molecular complexity index is 1410. The second-order valence-corrected chi connectivity index (χ2v) is 8.25. The van der Waals surface area contributed by atoms with E-state index in [1.54, 1.807) is 38.1 Å². The molecular formula is C25H25N5O8. The molecule has 38 heavy (non-hydrogen) atoms. The highest BCUT2D eigenvalue weighted by Gasteiger charge is 2.50. The Morgan fingerprint density at radius 3 is 2.21 bits per heavy atom. The average Bonchev–Trinajstić information content (AvgIpc) is 2.91. The summed E-state index contributed by atoms with van der Waals surface area (Å²) in [5, 5.41) is 29.9. The van der Waals surface area contributed by atoms with Crippen LogP contribution in [0.4, 0.5) is 17.1 Å². The minimum absolute atomic E-state index is 0.0439. The minimum Gasteiger partial charge on any atom is -0.467 e. The summed E-state index contributed by atoms with van der Waals surface area (Å²) in [6.45, 7) is 4.70. The molecule has 13 heteroatoms. The lowest BCUT2D eigenvalue weighted by atomic mass is 9.76. The molecule has 0 radical (unpaired) electrons. The van der Waals surface area contributed by atoms with E-state index in [9.17, 15) is 29.8 Å². The van der Waals surface area contributed by atoms with Gasteiger partial charge >= 0.3 is 17.6 Å². The van der Waals surface area contributed by atoms with Crippen LogP contribution in [0.25, 0.3) is 5.57 Å². The third-order valence-corrected chi connectivity index (χ3v) is 6.16. The van der Waals surface area contributed by atoms with Gasteiger partial charge < -0.3 is 14.8 Å². The van der Waals surface area contributed by atoms with Gasteiger partial charge in [-0.25, -0.2) is 9.59 Å². The molecule has 1 atom stereocenters. The molecule has 2 aromatic carbocycles. The number of hydrazone groups is 1. The summed E-state index contributed by atoms with van der Waals surface area (Å²) in [6.07, 6.45) is 0. The van der Waals surface area contributed by atoms with Crippen LogP contribution in [0.3, 0.4) is 0 Å². The number of carbonyl (C=O) groups is 2. The lowest BCUT2D eigenvalue weighted by Crippen LogP contribution is -2.60. The molecule has 2 aromatic rings. The van der Waals surface area contributed by atoms with Gasteiger partial charge in [-0.1, -0.05) is 30.3 Å². The number of methoxy groups -OCH3 is 2. The van der Waals surface area contributed by atoms with Crippen molar-refractivity contribution in [2.75, 3.05) is 19.6 Å². The third kappa shape index (κ3) is 4.81. The molecule has 0 aliphatic carbocycles. The number of benzene rings is 2. The van der Waals surface area contributed by atoms with Crippen molar-refractivity contribution < 1.29 is 28.9 Å². The summed E-state index contributed by atoms with van der Waals surface area (Å²) in [6, 6.07) is 12.0. The zero-order valence-corrected chi connectivity index (χ0v) is 21.2. The zero-order valence-electron chi connectivity index (χ0n) is 21.2. The summed E-state index contributed by atoms with van der Waals surface area (Å²) in [5.41, 5.74) is 1.56. The van der Waals surface area contributed by atoms with Crippen LogP contribution >= 0.6 is 0 Å². The first-order chi connectivity index (χ1) is 18.0. The van der Waals surface area contributed by atoms with E-state index in [2.05, 4.69) is 15.8 Å². The van der Waals surface area contributed by atoms with Crippen LogP contribution in [0.15, 0.2) is 70.5 Å². The third-order valence-electron chi connectivity index (χ3n) is 6.16. The van der Waals surface area contributed by atoms with Gasteiger partial charge in [0.05, 0.1) is 41.4 Å². The second kappa shape index (κ2) is 10.9. The van der Waals surface area contributed by atoms with Crippen molar-refractivity contribution in [2.45, 2.75) is 26.3 Å². The number of esters is 2. The molecule has 2 N–H and O–H groups in total. The largest absolute Gasteiger partial charge is 0.467 e. The molecule has 0 fully saturated rings. The van der Waals surface area contributed by atoms with E-state index in [-0.39, 0.29) is 22.5 Å². The van der Waals surface area contributed by atoms with Crippen LogP contribution in [0.5, 0.6) is 0 Å². The fraction of sp³-hybridized carbons (Fsp3) is 0.240. The number of hydrogen-bond acceptors (Lipinski definition) is 11. The van der Waals surface area contributed by atoms with Crippen molar-refractivity contribution in [3.8, 4) is 0 Å². The van der Waals surface area contributed by atoms with Crippen LogP contribution in [-0.2, 0) is 19.1 Å². The molecule has 0 saturated heterocycles. The number of carbonyl (C=O) groups excluding carboxylic acids is 2. The van der Waals surface area contributed by atoms with Crippen LogP contribution in [0, 0.1) is 20.2 Å². The maximum atomic E-state index is 13.3. The van der Waals surface area contributed by atoms with Crippen LogP contribution in [0.2, 0.25) is 0 Å². The summed E-state index contributed by atoms with van der Waals surface area (Å²) < 4.78 is 10.1. The van der Waals surface area contributed by atoms with E-state index in [1.165, 1.54) is 21.1 Å². The summed E-state index contributed by atoms with van der Waals surface area (Å²) in [4.78, 5) is 47.4. The molecule has 0 bridgehead atoms. The Morgan fingerprint density at radius 2 is 1.66 bits per heavy atom. The average molecular weight is 524 g/mol. The fourth-order valence-electron chi connectivity index (χ4n) is 4.30. The highest BCUT2D eigenvalue weighted by molar-refractivity contribution is 6.19. The van der Waals surface area contributed by atoms with Crippen molar-refractivity contribution in [2.24, 2.45) is 5.10 Å². The number of nitro groups is 2. The van der Waals surface area contributed by atoms with Crippen LogP contribution in [0.1, 0.15) is 26.3 Å². The molecule has 13 nitrogen and oxygen atoms in total. The first kappa shape index (κ1) is 27.5. The molecule has 3 rings (SSSR count). The molecule has 0 amide bonds. The molecule has 0 spiro atoms. The van der Waals surface area contributed by atoms with Crippen molar-refractivity contribution in [3.63, 3.8) is 0 Å². The number of non-ortho nitro benzene ring substituents is 1. The maximum absolute atomic E-state index is 13.3. The van der Waals surface area contributed by atoms with Crippen LogP contribution < -0.4 is 10.7 Å². The standard InChI is InChI=1S/C25H25N5O8/c1-14-21(23(31)37-4)22(17-9-7-6-8-10-17)15(2)26-25(14,24(32)38-5)16(3)27-28-19-12-11-18(29(33)34)13-20(19)30(35)36/h6-13,26,28H,1-5H3/b27-16-. The molecular weight excluding hydrogens is 498 g/mol. The molecule has 0 aromatic heterocycles. The highest BCUT2D eigenvalue weighted by atomic mass is 16.6. The van der Waals surface area contributed by atoms with Gasteiger partial charge in [0.15, 0.2) is 5.54 Å². The van der Waals surface area contributed by atoms with Crippen molar-refractivity contribution >= 4 is 40.3 Å². The van der Waals surface area contributed by atoms with E-state index in [1.807, 2.05) is 6.07 Å². The quantitative estimate of drug-likeness (QED) is 0.224. The Morgan fingerprint density at radius 1 is 1.00 bits per heavy atom. The fourth-order valence-corrected chi connectivity index (χ4v) is 4.30. The summed E-state index contributed by atoms with van der Waals surface area (Å²) in [5.74, 6) is -1.49. The highest BCUT2D eigenvalue weighted by Crippen LogP contribution is 2.39. The SMILES string of the molecule is COC(=O)C1=C(C)C(C(=O)OC)(/C(C)=N\Nc2ccc([N+](=O)[O-])cc2[N+](=O)[O-])NC(C)=C1c1ccccc1. The topological polar surface area (TPSA) is 175 Å².